The number of fused-ring (bicyclic) bond motifs is 2. The molecule has 2 aliphatic heterocycles. The average molecular weight is 926 g/mol. The summed E-state index contributed by atoms with van der Waals surface area (Å²) >= 11 is 0. The molecule has 17 nitrogen and oxygen atoms in total. The molecule has 0 bridgehead atoms. The van der Waals surface area contributed by atoms with Gasteiger partial charge in [0.05, 0.1) is 81.8 Å². The van der Waals surface area contributed by atoms with Gasteiger partial charge in [0.2, 0.25) is 17.7 Å². The van der Waals surface area contributed by atoms with E-state index in [9.17, 15) is 29.1 Å². The molecule has 1 fully saturated rings. The third-order valence-electron chi connectivity index (χ3n) is 11.1. The van der Waals surface area contributed by atoms with Crippen molar-refractivity contribution in [3.8, 4) is 17.7 Å². The third kappa shape index (κ3) is 13.2. The van der Waals surface area contributed by atoms with Crippen molar-refractivity contribution in [2.24, 2.45) is 4.99 Å². The molecule has 354 valence electrons. The van der Waals surface area contributed by atoms with Gasteiger partial charge in [-0.05, 0) is 55.3 Å². The summed E-state index contributed by atoms with van der Waals surface area (Å²) in [6.45, 7) is 6.84. The van der Waals surface area contributed by atoms with Crippen molar-refractivity contribution in [3.63, 3.8) is 0 Å². The van der Waals surface area contributed by atoms with Gasteiger partial charge in [0.25, 0.3) is 11.8 Å². The first-order valence-corrected chi connectivity index (χ1v) is 22.6. The molecule has 1 saturated heterocycles. The minimum absolute atomic E-state index is 0.0167. The highest BCUT2D eigenvalue weighted by atomic mass is 16.6. The number of nitrogens with zero attached hydrogens (tertiary/aromatic N) is 2. The standard InChI is InChI=1S/C51H55N7O10/c1-2-53-44(59)19-14-34-13-17-39-42(31-34)56-50(63)47(39)48(36-7-4-3-5-8-36)54-37-15-11-35(12-16-37)32-52-22-24-66-26-28-68-30-29-67-27-25-65-23-21-46(61)55-41-10-6-9-38-40(41)33-58(51(38)64)43-18-20-45(60)57-49(43)62/h3-13,15-17,31,43,52,56,63H,2,18,20-30,32-33H2,1H3,(H,53,59)(H,55,61)(H,57,60,62). The number of aromatic amines is 1. The van der Waals surface area contributed by atoms with Crippen molar-refractivity contribution >= 4 is 57.5 Å². The Morgan fingerprint density at radius 2 is 1.57 bits per heavy atom. The number of carbonyl (C=O) groups is 5. The zero-order chi connectivity index (χ0) is 47.7. The van der Waals surface area contributed by atoms with Crippen LogP contribution in [0.4, 0.5) is 11.4 Å². The largest absolute Gasteiger partial charge is 0.494 e. The molecule has 0 saturated carbocycles. The predicted octanol–water partition coefficient (Wildman–Crippen LogP) is 4.48. The SMILES string of the molecule is CCNC(=O)C#Cc1ccc2c(C(=Nc3ccc(CNCCOCCOCCOCCOCCC(=O)Nc4cccc5c4CN(C4CCC(=O)NC4=O)C5=O)cc3)c3ccccc3)c(O)[nH]c2c1. The van der Waals surface area contributed by atoms with Crippen LogP contribution in [0.1, 0.15) is 64.4 Å². The van der Waals surface area contributed by atoms with Gasteiger partial charge >= 0.3 is 0 Å². The lowest BCUT2D eigenvalue weighted by atomic mass is 10.00. The number of carbonyl (C=O) groups excluding carboxylic acids is 5. The van der Waals surface area contributed by atoms with E-state index in [4.69, 9.17) is 23.9 Å². The molecule has 0 aliphatic carbocycles. The van der Waals surface area contributed by atoms with Crippen molar-refractivity contribution in [1.82, 2.24) is 25.8 Å². The first-order chi connectivity index (χ1) is 33.2. The van der Waals surface area contributed by atoms with E-state index in [1.807, 2.05) is 73.7 Å². The molecule has 0 radical (unpaired) electrons. The number of imide groups is 1. The first-order valence-electron chi connectivity index (χ1n) is 22.6. The van der Waals surface area contributed by atoms with Gasteiger partial charge in [-0.3, -0.25) is 29.3 Å². The maximum atomic E-state index is 13.0. The van der Waals surface area contributed by atoms with E-state index in [-0.39, 0.29) is 61.9 Å². The molecule has 2 aliphatic rings. The smallest absolute Gasteiger partial charge is 0.296 e. The Labute approximate surface area is 394 Å². The molecule has 3 heterocycles. The Bertz CT molecular complexity index is 2670. The number of anilines is 1. The summed E-state index contributed by atoms with van der Waals surface area (Å²) in [5, 5.41) is 23.1. The Kier molecular flexibility index (Phi) is 17.6. The number of aliphatic imine (C=N–C) groups is 1. The van der Waals surface area contributed by atoms with E-state index in [0.29, 0.717) is 105 Å². The zero-order valence-corrected chi connectivity index (χ0v) is 37.9. The molecule has 1 unspecified atom stereocenters. The Morgan fingerprint density at radius 1 is 0.853 bits per heavy atom. The van der Waals surface area contributed by atoms with Crippen LogP contribution in [0.25, 0.3) is 10.9 Å². The lowest BCUT2D eigenvalue weighted by Crippen LogP contribution is -2.52. The topological polar surface area (TPSA) is 222 Å². The second-order valence-corrected chi connectivity index (χ2v) is 15.9. The number of nitrogens with one attached hydrogen (secondary N) is 5. The average Bonchev–Trinajstić information content (AvgIpc) is 3.85. The van der Waals surface area contributed by atoms with Crippen LogP contribution in [0, 0.1) is 11.8 Å². The van der Waals surface area contributed by atoms with Crippen LogP contribution in [0.5, 0.6) is 5.88 Å². The van der Waals surface area contributed by atoms with Gasteiger partial charge in [0.1, 0.15) is 6.04 Å². The van der Waals surface area contributed by atoms with Crippen LogP contribution < -0.4 is 21.3 Å². The van der Waals surface area contributed by atoms with Crippen molar-refractivity contribution in [3.05, 3.63) is 124 Å². The van der Waals surface area contributed by atoms with E-state index < -0.39 is 11.9 Å². The monoisotopic (exact) mass is 925 g/mol. The highest BCUT2D eigenvalue weighted by Crippen LogP contribution is 2.34. The van der Waals surface area contributed by atoms with Gasteiger partial charge in [0, 0.05) is 71.8 Å². The lowest BCUT2D eigenvalue weighted by molar-refractivity contribution is -0.137. The number of hydrogen-bond donors (Lipinski definition) is 6. The van der Waals surface area contributed by atoms with Crippen molar-refractivity contribution in [2.45, 2.75) is 45.3 Å². The number of piperidine rings is 1. The summed E-state index contributed by atoms with van der Waals surface area (Å²) in [5.74, 6) is 3.69. The fourth-order valence-electron chi connectivity index (χ4n) is 7.73. The highest BCUT2D eigenvalue weighted by molar-refractivity contribution is 6.22. The van der Waals surface area contributed by atoms with Gasteiger partial charge in [-0.25, -0.2) is 4.99 Å². The first kappa shape index (κ1) is 48.7. The van der Waals surface area contributed by atoms with Crippen LogP contribution in [0.3, 0.4) is 0 Å². The fraction of sp³-hybridized carbons (Fsp3) is 0.333. The summed E-state index contributed by atoms with van der Waals surface area (Å²) in [6, 6.07) is 27.4. The number of rotatable bonds is 23. The summed E-state index contributed by atoms with van der Waals surface area (Å²) in [7, 11) is 0. The van der Waals surface area contributed by atoms with Crippen LogP contribution >= 0.6 is 0 Å². The van der Waals surface area contributed by atoms with Crippen LogP contribution in [0.15, 0.2) is 96.0 Å². The van der Waals surface area contributed by atoms with Crippen molar-refractivity contribution < 1.29 is 48.0 Å². The van der Waals surface area contributed by atoms with Gasteiger partial charge in [0.15, 0.2) is 5.88 Å². The van der Waals surface area contributed by atoms with E-state index in [2.05, 4.69) is 38.1 Å². The number of aromatic nitrogens is 1. The fourth-order valence-corrected chi connectivity index (χ4v) is 7.73. The zero-order valence-electron chi connectivity index (χ0n) is 37.9. The minimum atomic E-state index is -0.730. The van der Waals surface area contributed by atoms with Gasteiger partial charge < -0.3 is 49.9 Å². The molecule has 17 heteroatoms. The molecule has 4 aromatic carbocycles. The second-order valence-electron chi connectivity index (χ2n) is 15.9. The number of aromatic hydroxyl groups is 1. The molecule has 1 aromatic heterocycles. The summed E-state index contributed by atoms with van der Waals surface area (Å²) in [5.41, 5.74) is 6.70. The minimum Gasteiger partial charge on any atom is -0.494 e. The molecule has 0 spiro atoms. The Hall–Kier alpha value is -7.20. The van der Waals surface area contributed by atoms with Crippen LogP contribution in [-0.4, -0.2) is 122 Å². The maximum Gasteiger partial charge on any atom is 0.296 e. The summed E-state index contributed by atoms with van der Waals surface area (Å²) in [4.78, 5) is 71.0. The molecule has 1 atom stereocenters. The van der Waals surface area contributed by atoms with E-state index in [0.717, 1.165) is 22.2 Å². The molecule has 7 rings (SSSR count). The van der Waals surface area contributed by atoms with Crippen LogP contribution in [-0.2, 0) is 51.2 Å². The van der Waals surface area contributed by atoms with Gasteiger partial charge in [-0.2, -0.15) is 0 Å². The Balaban J connectivity index is 0.735. The van der Waals surface area contributed by atoms with Crippen LogP contribution in [0.2, 0.25) is 0 Å². The second kappa shape index (κ2) is 24.5. The number of hydrogen-bond acceptors (Lipinski definition) is 12. The van der Waals surface area contributed by atoms with Crippen molar-refractivity contribution in [2.75, 3.05) is 71.3 Å². The van der Waals surface area contributed by atoms with Gasteiger partial charge in [-0.1, -0.05) is 60.5 Å². The molecular formula is C51H55N7O10. The number of benzene rings is 4. The number of amides is 5. The van der Waals surface area contributed by atoms with E-state index >= 15 is 0 Å². The van der Waals surface area contributed by atoms with E-state index in [1.165, 1.54) is 4.90 Å². The van der Waals surface area contributed by atoms with E-state index in [1.54, 1.807) is 24.3 Å². The van der Waals surface area contributed by atoms with Gasteiger partial charge in [-0.15, -0.1) is 0 Å². The summed E-state index contributed by atoms with van der Waals surface area (Å²) in [6.07, 6.45) is 0.540. The Morgan fingerprint density at radius 3 is 2.29 bits per heavy atom. The highest BCUT2D eigenvalue weighted by Gasteiger charge is 2.40. The third-order valence-corrected chi connectivity index (χ3v) is 11.1. The number of ether oxygens (including phenoxy) is 4. The molecule has 5 amide bonds. The summed E-state index contributed by atoms with van der Waals surface area (Å²) < 4.78 is 22.4. The maximum absolute atomic E-state index is 13.0. The quantitative estimate of drug-likeness (QED) is 0.0232. The lowest BCUT2D eigenvalue weighted by Gasteiger charge is -2.29. The number of H-pyrrole nitrogens is 1. The molecule has 5 aromatic rings. The molecule has 68 heavy (non-hydrogen) atoms. The molecule has 6 N–H and O–H groups in total. The predicted molar refractivity (Wildman–Crippen MR) is 254 cm³/mol. The molecular weight excluding hydrogens is 871 g/mol. The van der Waals surface area contributed by atoms with Crippen molar-refractivity contribution in [1.29, 1.82) is 0 Å². The normalized spacial score (nSPS) is 14.7.